The molecule has 1 aliphatic heterocycles. The maximum absolute atomic E-state index is 13.1. The first-order valence-corrected chi connectivity index (χ1v) is 10.6. The van der Waals surface area contributed by atoms with Crippen molar-refractivity contribution in [3.63, 3.8) is 0 Å². The third-order valence-electron chi connectivity index (χ3n) is 5.46. The average molecular weight is 414 g/mol. The van der Waals surface area contributed by atoms with Crippen LogP contribution in [0.25, 0.3) is 0 Å². The number of carbonyl (C=O) groups excluding carboxylic acids is 1. The molecule has 3 aromatic carbocycles. The second-order valence-corrected chi connectivity index (χ2v) is 7.51. The zero-order valence-corrected chi connectivity index (χ0v) is 17.8. The lowest BCUT2D eigenvalue weighted by molar-refractivity contribution is 0.116. The maximum atomic E-state index is 13.1. The highest BCUT2D eigenvalue weighted by atomic mass is 16.6. The molecule has 31 heavy (non-hydrogen) atoms. The van der Waals surface area contributed by atoms with Gasteiger partial charge in [0.1, 0.15) is 6.04 Å². The number of rotatable bonds is 5. The summed E-state index contributed by atoms with van der Waals surface area (Å²) >= 11 is 0. The summed E-state index contributed by atoms with van der Waals surface area (Å²) in [7, 11) is 0. The number of aliphatic imine (C=N–C) groups is 1. The SMILES string of the molecule is CCOC(=O)N1C(NC(C)c2ccccc2)=NC(c2ccccc2)C1c1ccccc1. The zero-order chi connectivity index (χ0) is 21.6. The molecule has 3 atom stereocenters. The number of nitrogens with one attached hydrogen (secondary N) is 1. The Balaban J connectivity index is 1.76. The number of guanidine groups is 1. The molecule has 0 radical (unpaired) electrons. The van der Waals surface area contributed by atoms with Crippen LogP contribution in [0.2, 0.25) is 0 Å². The Morgan fingerprint density at radius 1 is 0.935 bits per heavy atom. The molecule has 1 heterocycles. The predicted molar refractivity (Wildman–Crippen MR) is 123 cm³/mol. The van der Waals surface area contributed by atoms with Crippen LogP contribution in [0.5, 0.6) is 0 Å². The van der Waals surface area contributed by atoms with Crippen LogP contribution in [-0.4, -0.2) is 23.6 Å². The van der Waals surface area contributed by atoms with Gasteiger partial charge in [0.15, 0.2) is 0 Å². The largest absolute Gasteiger partial charge is 0.449 e. The molecule has 3 aromatic rings. The predicted octanol–water partition coefficient (Wildman–Crippen LogP) is 5.65. The number of benzene rings is 3. The molecule has 0 aromatic heterocycles. The van der Waals surface area contributed by atoms with Gasteiger partial charge in [-0.3, -0.25) is 0 Å². The van der Waals surface area contributed by atoms with E-state index in [0.717, 1.165) is 16.7 Å². The van der Waals surface area contributed by atoms with E-state index in [1.165, 1.54) is 0 Å². The van der Waals surface area contributed by atoms with Crippen LogP contribution in [0.1, 0.15) is 48.7 Å². The Labute approximate surface area is 183 Å². The average Bonchev–Trinajstić information content (AvgIpc) is 3.20. The Kier molecular flexibility index (Phi) is 6.32. The molecule has 0 saturated heterocycles. The van der Waals surface area contributed by atoms with Gasteiger partial charge in [-0.1, -0.05) is 91.0 Å². The van der Waals surface area contributed by atoms with Gasteiger partial charge < -0.3 is 10.1 Å². The van der Waals surface area contributed by atoms with Gasteiger partial charge in [-0.2, -0.15) is 0 Å². The van der Waals surface area contributed by atoms with E-state index in [4.69, 9.17) is 9.73 Å². The van der Waals surface area contributed by atoms with E-state index < -0.39 is 6.09 Å². The molecule has 0 saturated carbocycles. The van der Waals surface area contributed by atoms with Crippen LogP contribution >= 0.6 is 0 Å². The standard InChI is InChI=1S/C26H27N3O2/c1-3-31-26(30)29-24(22-17-11-6-12-18-22)23(21-15-9-5-10-16-21)28-25(29)27-19(2)20-13-7-4-8-14-20/h4-19,23-24H,3H2,1-2H3,(H,27,28). The van der Waals surface area contributed by atoms with Gasteiger partial charge in [-0.15, -0.1) is 0 Å². The van der Waals surface area contributed by atoms with Gasteiger partial charge in [0.25, 0.3) is 0 Å². The van der Waals surface area contributed by atoms with E-state index in [1.54, 1.807) is 4.90 Å². The Morgan fingerprint density at radius 3 is 2.06 bits per heavy atom. The topological polar surface area (TPSA) is 53.9 Å². The molecular formula is C26H27N3O2. The molecule has 4 rings (SSSR count). The fourth-order valence-electron chi connectivity index (χ4n) is 3.94. The fraction of sp³-hybridized carbons (Fsp3) is 0.231. The molecule has 1 aliphatic rings. The molecule has 5 nitrogen and oxygen atoms in total. The molecule has 0 bridgehead atoms. The summed E-state index contributed by atoms with van der Waals surface area (Å²) in [5.41, 5.74) is 3.18. The highest BCUT2D eigenvalue weighted by molar-refractivity contribution is 5.96. The summed E-state index contributed by atoms with van der Waals surface area (Å²) in [5, 5.41) is 3.46. The first kappa shape index (κ1) is 20.7. The van der Waals surface area contributed by atoms with E-state index in [9.17, 15) is 4.79 Å². The van der Waals surface area contributed by atoms with Crippen molar-refractivity contribution in [2.75, 3.05) is 6.61 Å². The molecule has 5 heteroatoms. The number of hydrogen-bond donors (Lipinski definition) is 1. The summed E-state index contributed by atoms with van der Waals surface area (Å²) in [4.78, 5) is 19.8. The van der Waals surface area contributed by atoms with Crippen LogP contribution in [0.4, 0.5) is 4.79 Å². The maximum Gasteiger partial charge on any atom is 0.417 e. The van der Waals surface area contributed by atoms with Gasteiger partial charge in [0.05, 0.1) is 18.7 Å². The lowest BCUT2D eigenvalue weighted by Gasteiger charge is -2.29. The first-order valence-electron chi connectivity index (χ1n) is 10.6. The van der Waals surface area contributed by atoms with Crippen molar-refractivity contribution in [2.24, 2.45) is 4.99 Å². The van der Waals surface area contributed by atoms with E-state index in [1.807, 2.05) is 73.7 Å². The Morgan fingerprint density at radius 2 is 1.48 bits per heavy atom. The third kappa shape index (κ3) is 4.45. The Hall–Kier alpha value is -3.60. The van der Waals surface area contributed by atoms with Gasteiger partial charge in [-0.25, -0.2) is 14.7 Å². The molecule has 158 valence electrons. The summed E-state index contributed by atoms with van der Waals surface area (Å²) in [6.07, 6.45) is -0.402. The molecule has 0 fully saturated rings. The van der Waals surface area contributed by atoms with E-state index in [0.29, 0.717) is 12.6 Å². The normalized spacial score (nSPS) is 18.9. The minimum Gasteiger partial charge on any atom is -0.449 e. The number of hydrogen-bond acceptors (Lipinski definition) is 4. The van der Waals surface area contributed by atoms with E-state index >= 15 is 0 Å². The van der Waals surface area contributed by atoms with Crippen LogP contribution in [0.3, 0.4) is 0 Å². The molecule has 1 N–H and O–H groups in total. The lowest BCUT2D eigenvalue weighted by atomic mass is 9.94. The van der Waals surface area contributed by atoms with Crippen LogP contribution < -0.4 is 5.32 Å². The summed E-state index contributed by atoms with van der Waals surface area (Å²) in [6, 6.07) is 29.7. The van der Waals surface area contributed by atoms with Crippen molar-refractivity contribution in [2.45, 2.75) is 32.0 Å². The molecule has 1 amide bonds. The van der Waals surface area contributed by atoms with Crippen molar-refractivity contribution in [3.8, 4) is 0 Å². The minimum atomic E-state index is -0.402. The highest BCUT2D eigenvalue weighted by Crippen LogP contribution is 2.42. The molecular weight excluding hydrogens is 386 g/mol. The van der Waals surface area contributed by atoms with Crippen molar-refractivity contribution < 1.29 is 9.53 Å². The van der Waals surface area contributed by atoms with Crippen LogP contribution in [0.15, 0.2) is 96.0 Å². The Bertz CT molecular complexity index is 1020. The fourth-order valence-corrected chi connectivity index (χ4v) is 3.94. The van der Waals surface area contributed by atoms with Gasteiger partial charge in [-0.05, 0) is 30.5 Å². The van der Waals surface area contributed by atoms with Gasteiger partial charge in [0.2, 0.25) is 5.96 Å². The molecule has 0 spiro atoms. The van der Waals surface area contributed by atoms with Gasteiger partial charge >= 0.3 is 6.09 Å². The van der Waals surface area contributed by atoms with E-state index in [-0.39, 0.29) is 18.1 Å². The summed E-state index contributed by atoms with van der Waals surface area (Å²) in [5.74, 6) is 0.525. The van der Waals surface area contributed by atoms with Crippen molar-refractivity contribution in [1.29, 1.82) is 0 Å². The summed E-state index contributed by atoms with van der Waals surface area (Å²) < 4.78 is 5.45. The first-order chi connectivity index (χ1) is 15.2. The third-order valence-corrected chi connectivity index (χ3v) is 5.46. The minimum absolute atomic E-state index is 0.0252. The van der Waals surface area contributed by atoms with Crippen LogP contribution in [0, 0.1) is 0 Å². The van der Waals surface area contributed by atoms with Crippen molar-refractivity contribution in [3.05, 3.63) is 108 Å². The highest BCUT2D eigenvalue weighted by Gasteiger charge is 2.43. The second kappa shape index (κ2) is 9.47. The monoisotopic (exact) mass is 413 g/mol. The second-order valence-electron chi connectivity index (χ2n) is 7.51. The smallest absolute Gasteiger partial charge is 0.417 e. The van der Waals surface area contributed by atoms with Gasteiger partial charge in [0, 0.05) is 0 Å². The van der Waals surface area contributed by atoms with E-state index in [2.05, 4.69) is 36.5 Å². The zero-order valence-electron chi connectivity index (χ0n) is 17.8. The number of amides is 1. The lowest BCUT2D eigenvalue weighted by Crippen LogP contribution is -2.45. The number of ether oxygens (including phenoxy) is 1. The van der Waals surface area contributed by atoms with Crippen molar-refractivity contribution in [1.82, 2.24) is 10.2 Å². The van der Waals surface area contributed by atoms with Crippen LogP contribution in [-0.2, 0) is 4.74 Å². The summed E-state index contributed by atoms with van der Waals surface area (Å²) in [6.45, 7) is 4.18. The molecule has 3 unspecified atom stereocenters. The number of carbonyl (C=O) groups is 1. The van der Waals surface area contributed by atoms with Crippen molar-refractivity contribution >= 4 is 12.1 Å². The quantitative estimate of drug-likeness (QED) is 0.588. The number of nitrogens with zero attached hydrogens (tertiary/aromatic N) is 2. The molecule has 0 aliphatic carbocycles.